The second-order valence-electron chi connectivity index (χ2n) is 3.31. The average Bonchev–Trinajstić information content (AvgIpc) is 2.22. The van der Waals surface area contributed by atoms with Crippen LogP contribution in [0, 0.1) is 17.2 Å². The highest BCUT2D eigenvalue weighted by molar-refractivity contribution is 9.10. The van der Waals surface area contributed by atoms with Gasteiger partial charge in [0.25, 0.3) is 0 Å². The molecule has 1 unspecified atom stereocenters. The Bertz CT molecular complexity index is 400. The Balaban J connectivity index is 3.01. The zero-order chi connectivity index (χ0) is 11.4. The van der Waals surface area contributed by atoms with Crippen molar-refractivity contribution in [3.8, 4) is 11.8 Å². The van der Waals surface area contributed by atoms with Crippen molar-refractivity contribution >= 4 is 27.5 Å². The van der Waals surface area contributed by atoms with Gasteiger partial charge in [0.2, 0.25) is 0 Å². The lowest BCUT2D eigenvalue weighted by molar-refractivity contribution is 0.412. The van der Waals surface area contributed by atoms with Crippen LogP contribution in [0.4, 0.5) is 0 Å². The molecule has 80 valence electrons. The Hall–Kier alpha value is -0.720. The lowest BCUT2D eigenvalue weighted by Crippen LogP contribution is -1.98. The maximum Gasteiger partial charge on any atom is 0.134 e. The van der Waals surface area contributed by atoms with Gasteiger partial charge in [-0.05, 0) is 40.9 Å². The third-order valence-corrected chi connectivity index (χ3v) is 3.04. The summed E-state index contributed by atoms with van der Waals surface area (Å²) in [7, 11) is 1.59. The van der Waals surface area contributed by atoms with Gasteiger partial charge in [-0.3, -0.25) is 0 Å². The number of halogens is 2. The molecule has 0 aliphatic carbocycles. The average molecular weight is 289 g/mol. The largest absolute Gasteiger partial charge is 0.496 e. The molecular formula is C11H11BrClNO. The second kappa shape index (κ2) is 5.39. The van der Waals surface area contributed by atoms with E-state index < -0.39 is 0 Å². The van der Waals surface area contributed by atoms with Crippen molar-refractivity contribution in [2.75, 3.05) is 7.11 Å². The zero-order valence-electron chi connectivity index (χ0n) is 8.55. The van der Waals surface area contributed by atoms with E-state index in [9.17, 15) is 0 Å². The van der Waals surface area contributed by atoms with Crippen LogP contribution in [0.25, 0.3) is 0 Å². The van der Waals surface area contributed by atoms with E-state index in [0.29, 0.717) is 17.2 Å². The van der Waals surface area contributed by atoms with Crippen LogP contribution in [0.5, 0.6) is 5.75 Å². The molecule has 1 atom stereocenters. The van der Waals surface area contributed by atoms with Gasteiger partial charge in [0.05, 0.1) is 17.7 Å². The van der Waals surface area contributed by atoms with Crippen LogP contribution in [0.3, 0.4) is 0 Å². The molecule has 0 heterocycles. The first-order valence-electron chi connectivity index (χ1n) is 4.50. The third kappa shape index (κ3) is 3.12. The lowest BCUT2D eigenvalue weighted by Gasteiger charge is -2.09. The van der Waals surface area contributed by atoms with Gasteiger partial charge in [0.15, 0.2) is 0 Å². The summed E-state index contributed by atoms with van der Waals surface area (Å²) in [5.41, 5.74) is 0.957. The van der Waals surface area contributed by atoms with E-state index in [1.54, 1.807) is 13.2 Å². The standard InChI is InChI=1S/C11H11BrClNO/c1-7(6-14)3-8-4-9(12)11(15-2)5-10(8)13/h4-5,7H,3H2,1-2H3. The molecule has 0 amide bonds. The highest BCUT2D eigenvalue weighted by atomic mass is 79.9. The second-order valence-corrected chi connectivity index (χ2v) is 4.57. The van der Waals surface area contributed by atoms with Crippen molar-refractivity contribution < 1.29 is 4.74 Å². The van der Waals surface area contributed by atoms with Gasteiger partial charge < -0.3 is 4.74 Å². The summed E-state index contributed by atoms with van der Waals surface area (Å²) in [4.78, 5) is 0. The smallest absolute Gasteiger partial charge is 0.134 e. The summed E-state index contributed by atoms with van der Waals surface area (Å²) in [5, 5.41) is 9.36. The molecule has 0 bridgehead atoms. The Kier molecular flexibility index (Phi) is 4.44. The molecule has 1 aromatic carbocycles. The number of ether oxygens (including phenoxy) is 1. The predicted molar refractivity (Wildman–Crippen MR) is 64.2 cm³/mol. The predicted octanol–water partition coefficient (Wildman–Crippen LogP) is 3.81. The summed E-state index contributed by atoms with van der Waals surface area (Å²) in [5.74, 6) is 0.663. The molecule has 4 heteroatoms. The molecule has 0 fully saturated rings. The zero-order valence-corrected chi connectivity index (χ0v) is 10.9. The van der Waals surface area contributed by atoms with Gasteiger partial charge >= 0.3 is 0 Å². The minimum Gasteiger partial charge on any atom is -0.496 e. The number of rotatable bonds is 3. The fourth-order valence-corrected chi connectivity index (χ4v) is 2.04. The maximum atomic E-state index is 8.73. The van der Waals surface area contributed by atoms with Crippen molar-refractivity contribution in [2.24, 2.45) is 5.92 Å². The highest BCUT2D eigenvalue weighted by Crippen LogP contribution is 2.32. The first-order chi connectivity index (χ1) is 7.08. The quantitative estimate of drug-likeness (QED) is 0.847. The van der Waals surface area contributed by atoms with E-state index in [1.807, 2.05) is 13.0 Å². The third-order valence-electron chi connectivity index (χ3n) is 2.07. The summed E-state index contributed by atoms with van der Waals surface area (Å²) in [6.45, 7) is 1.87. The first kappa shape index (κ1) is 12.4. The molecule has 2 nitrogen and oxygen atoms in total. The minimum absolute atomic E-state index is 0.0391. The molecule has 0 aliphatic rings. The van der Waals surface area contributed by atoms with Crippen LogP contribution in [-0.2, 0) is 6.42 Å². The van der Waals surface area contributed by atoms with Crippen LogP contribution in [0.1, 0.15) is 12.5 Å². The van der Waals surface area contributed by atoms with Crippen molar-refractivity contribution in [1.82, 2.24) is 0 Å². The molecule has 0 aliphatic heterocycles. The molecule has 1 rings (SSSR count). The fourth-order valence-electron chi connectivity index (χ4n) is 1.26. The number of nitrogens with zero attached hydrogens (tertiary/aromatic N) is 1. The molecule has 1 aromatic rings. The molecule has 0 spiro atoms. The number of benzene rings is 1. The van der Waals surface area contributed by atoms with Crippen molar-refractivity contribution in [1.29, 1.82) is 5.26 Å². The van der Waals surface area contributed by atoms with Crippen LogP contribution in [0.15, 0.2) is 16.6 Å². The van der Waals surface area contributed by atoms with Crippen molar-refractivity contribution in [3.63, 3.8) is 0 Å². The number of methoxy groups -OCH3 is 1. The van der Waals surface area contributed by atoms with Gasteiger partial charge in [-0.15, -0.1) is 0 Å². The number of nitriles is 1. The molecule has 15 heavy (non-hydrogen) atoms. The van der Waals surface area contributed by atoms with Crippen LogP contribution in [0.2, 0.25) is 5.02 Å². The monoisotopic (exact) mass is 287 g/mol. The van der Waals surface area contributed by atoms with Gasteiger partial charge in [-0.2, -0.15) is 5.26 Å². The molecule has 0 saturated carbocycles. The van der Waals surface area contributed by atoms with Crippen molar-refractivity contribution in [3.05, 3.63) is 27.2 Å². The normalized spacial score (nSPS) is 11.9. The Morgan fingerprint density at radius 2 is 2.27 bits per heavy atom. The number of hydrogen-bond acceptors (Lipinski definition) is 2. The molecular weight excluding hydrogens is 277 g/mol. The Morgan fingerprint density at radius 3 is 2.80 bits per heavy atom. The molecule has 0 N–H and O–H groups in total. The summed E-state index contributed by atoms with van der Waals surface area (Å²) in [6, 6.07) is 5.84. The number of hydrogen-bond donors (Lipinski definition) is 0. The summed E-state index contributed by atoms with van der Waals surface area (Å²) < 4.78 is 5.97. The molecule has 0 radical (unpaired) electrons. The van der Waals surface area contributed by atoms with Gasteiger partial charge in [0.1, 0.15) is 5.75 Å². The van der Waals surface area contributed by atoms with Crippen LogP contribution < -0.4 is 4.74 Å². The van der Waals surface area contributed by atoms with E-state index in [2.05, 4.69) is 22.0 Å². The summed E-state index contributed by atoms with van der Waals surface area (Å²) >= 11 is 9.46. The van der Waals surface area contributed by atoms with E-state index in [1.165, 1.54) is 0 Å². The maximum absolute atomic E-state index is 8.73. The lowest BCUT2D eigenvalue weighted by atomic mass is 10.0. The van der Waals surface area contributed by atoms with Gasteiger partial charge in [-0.1, -0.05) is 11.6 Å². The minimum atomic E-state index is -0.0391. The fraction of sp³-hybridized carbons (Fsp3) is 0.364. The topological polar surface area (TPSA) is 33.0 Å². The SMILES string of the molecule is COc1cc(Cl)c(CC(C)C#N)cc1Br. The van der Waals surface area contributed by atoms with E-state index in [-0.39, 0.29) is 5.92 Å². The van der Waals surface area contributed by atoms with E-state index >= 15 is 0 Å². The van der Waals surface area contributed by atoms with Crippen LogP contribution in [-0.4, -0.2) is 7.11 Å². The van der Waals surface area contributed by atoms with Crippen molar-refractivity contribution in [2.45, 2.75) is 13.3 Å². The Labute approximate surface area is 103 Å². The van der Waals surface area contributed by atoms with E-state index in [4.69, 9.17) is 21.6 Å². The van der Waals surface area contributed by atoms with Crippen LogP contribution >= 0.6 is 27.5 Å². The summed E-state index contributed by atoms with van der Waals surface area (Å²) in [6.07, 6.45) is 0.651. The van der Waals surface area contributed by atoms with Gasteiger partial charge in [-0.25, -0.2) is 0 Å². The first-order valence-corrected chi connectivity index (χ1v) is 5.67. The van der Waals surface area contributed by atoms with E-state index in [0.717, 1.165) is 10.0 Å². The van der Waals surface area contributed by atoms with Gasteiger partial charge in [0, 0.05) is 17.0 Å². The highest BCUT2D eigenvalue weighted by Gasteiger charge is 2.10. The molecule has 0 saturated heterocycles. The molecule has 0 aromatic heterocycles. The Morgan fingerprint density at radius 1 is 1.60 bits per heavy atom.